The molecule has 3 heteroatoms. The van der Waals surface area contributed by atoms with Crippen molar-refractivity contribution < 1.29 is 4.21 Å². The van der Waals surface area contributed by atoms with Crippen molar-refractivity contribution in [3.8, 4) is 11.3 Å². The summed E-state index contributed by atoms with van der Waals surface area (Å²) in [5.74, 6) is 0. The van der Waals surface area contributed by atoms with Gasteiger partial charge in [-0.15, -0.1) is 0 Å². The Morgan fingerprint density at radius 2 is 1.81 bits per heavy atom. The van der Waals surface area contributed by atoms with Crippen LogP contribution >= 0.6 is 0 Å². The van der Waals surface area contributed by atoms with Crippen LogP contribution in [0.5, 0.6) is 0 Å². The molecule has 1 aromatic heterocycles. The van der Waals surface area contributed by atoms with Crippen molar-refractivity contribution in [3.63, 3.8) is 0 Å². The predicted octanol–water partition coefficient (Wildman–Crippen LogP) is 3.82. The summed E-state index contributed by atoms with van der Waals surface area (Å²) in [4.78, 5) is 4.38. The summed E-state index contributed by atoms with van der Waals surface area (Å²) in [7, 11) is -0.634. The fraction of sp³-hybridized carbons (Fsp3) is 0.278. The maximum atomic E-state index is 12.1. The van der Waals surface area contributed by atoms with Gasteiger partial charge >= 0.3 is 0 Å². The fourth-order valence-electron chi connectivity index (χ4n) is 3.30. The van der Waals surface area contributed by atoms with Crippen molar-refractivity contribution in [2.24, 2.45) is 0 Å². The molecular weight excluding hydrogens is 278 g/mol. The highest BCUT2D eigenvalue weighted by Gasteiger charge is 2.36. The summed E-state index contributed by atoms with van der Waals surface area (Å²) in [5, 5.41) is 0.666. The zero-order valence-electron chi connectivity index (χ0n) is 11.7. The van der Waals surface area contributed by atoms with Crippen molar-refractivity contribution in [2.75, 3.05) is 0 Å². The lowest BCUT2D eigenvalue weighted by Gasteiger charge is -2.19. The van der Waals surface area contributed by atoms with Crippen LogP contribution in [-0.2, 0) is 10.8 Å². The largest absolute Gasteiger partial charge is 0.259 e. The van der Waals surface area contributed by atoms with Gasteiger partial charge in [0.25, 0.3) is 0 Å². The van der Waals surface area contributed by atoms with Gasteiger partial charge in [-0.05, 0) is 42.5 Å². The van der Waals surface area contributed by atoms with Crippen LogP contribution in [0.2, 0.25) is 0 Å². The minimum absolute atomic E-state index is 0.286. The van der Waals surface area contributed by atoms with Crippen LogP contribution in [0.4, 0.5) is 0 Å². The van der Waals surface area contributed by atoms with E-state index in [9.17, 15) is 4.21 Å². The van der Waals surface area contributed by atoms with Gasteiger partial charge in [-0.25, -0.2) is 0 Å². The number of hydrogen-bond acceptors (Lipinski definition) is 2. The highest BCUT2D eigenvalue weighted by Crippen LogP contribution is 2.38. The van der Waals surface area contributed by atoms with Gasteiger partial charge in [0.2, 0.25) is 0 Å². The van der Waals surface area contributed by atoms with Gasteiger partial charge in [-0.1, -0.05) is 36.4 Å². The number of fused-ring (bicyclic) bond motifs is 2. The molecule has 2 aliphatic rings. The zero-order valence-corrected chi connectivity index (χ0v) is 12.6. The van der Waals surface area contributed by atoms with Gasteiger partial charge in [0.05, 0.1) is 10.9 Å². The van der Waals surface area contributed by atoms with Crippen LogP contribution in [-0.4, -0.2) is 19.7 Å². The molecule has 3 heterocycles. The Hall–Kier alpha value is -1.74. The third kappa shape index (κ3) is 2.36. The van der Waals surface area contributed by atoms with Gasteiger partial charge in [-0.3, -0.25) is 9.19 Å². The number of nitrogens with zero attached hydrogens (tertiary/aromatic N) is 1. The highest BCUT2D eigenvalue weighted by molar-refractivity contribution is 7.86. The van der Waals surface area contributed by atoms with Gasteiger partial charge in [0.15, 0.2) is 0 Å². The van der Waals surface area contributed by atoms with Crippen molar-refractivity contribution in [1.29, 1.82) is 0 Å². The van der Waals surface area contributed by atoms with E-state index in [1.807, 2.05) is 24.4 Å². The molecular formula is C18H17NOS. The van der Waals surface area contributed by atoms with E-state index >= 15 is 0 Å². The van der Waals surface area contributed by atoms with Crippen LogP contribution in [0.25, 0.3) is 16.8 Å². The number of rotatable bonds is 2. The SMILES string of the molecule is O=S1C2C=C(c3ccc(-c4ccccn4)cc3)CC1CC2. The van der Waals surface area contributed by atoms with E-state index in [-0.39, 0.29) is 5.25 Å². The molecule has 1 fully saturated rings. The molecule has 0 aliphatic carbocycles. The van der Waals surface area contributed by atoms with E-state index in [1.54, 1.807) is 0 Å². The number of aromatic nitrogens is 1. The Labute approximate surface area is 127 Å². The molecule has 106 valence electrons. The Morgan fingerprint density at radius 1 is 1.00 bits per heavy atom. The third-order valence-corrected chi connectivity index (χ3v) is 6.48. The summed E-state index contributed by atoms with van der Waals surface area (Å²) >= 11 is 0. The van der Waals surface area contributed by atoms with Crippen molar-refractivity contribution in [1.82, 2.24) is 4.98 Å². The number of hydrogen-bond donors (Lipinski definition) is 0. The van der Waals surface area contributed by atoms with E-state index in [0.29, 0.717) is 5.25 Å². The first kappa shape index (κ1) is 13.0. The molecule has 0 radical (unpaired) electrons. The first-order valence-electron chi connectivity index (χ1n) is 7.43. The van der Waals surface area contributed by atoms with E-state index < -0.39 is 10.8 Å². The van der Waals surface area contributed by atoms with Gasteiger partial charge in [0.1, 0.15) is 0 Å². The third-order valence-electron chi connectivity index (χ3n) is 4.45. The Balaban J connectivity index is 1.63. The summed E-state index contributed by atoms with van der Waals surface area (Å²) in [5.41, 5.74) is 4.78. The predicted molar refractivity (Wildman–Crippen MR) is 87.2 cm³/mol. The second-order valence-corrected chi connectivity index (χ2v) is 7.68. The monoisotopic (exact) mass is 295 g/mol. The van der Waals surface area contributed by atoms with Crippen molar-refractivity contribution in [3.05, 3.63) is 60.3 Å². The maximum Gasteiger partial charge on any atom is 0.0701 e. The smallest absolute Gasteiger partial charge is 0.0701 e. The molecule has 21 heavy (non-hydrogen) atoms. The van der Waals surface area contributed by atoms with Crippen LogP contribution in [0, 0.1) is 0 Å². The van der Waals surface area contributed by atoms with E-state index in [4.69, 9.17) is 0 Å². The summed E-state index contributed by atoms with van der Waals surface area (Å²) in [6.07, 6.45) is 7.23. The van der Waals surface area contributed by atoms with Gasteiger partial charge in [0, 0.05) is 27.8 Å². The lowest BCUT2D eigenvalue weighted by molar-refractivity contribution is 0.674. The normalized spacial score (nSPS) is 27.4. The van der Waals surface area contributed by atoms with Crippen molar-refractivity contribution in [2.45, 2.75) is 29.8 Å². The number of benzene rings is 1. The molecule has 4 rings (SSSR count). The molecule has 0 amide bonds. The van der Waals surface area contributed by atoms with E-state index in [2.05, 4.69) is 35.3 Å². The fourth-order valence-corrected chi connectivity index (χ4v) is 5.18. The Bertz CT molecular complexity index is 706. The molecule has 0 N–H and O–H groups in total. The lowest BCUT2D eigenvalue weighted by Crippen LogP contribution is -2.19. The first-order valence-corrected chi connectivity index (χ1v) is 8.71. The Kier molecular flexibility index (Phi) is 3.23. The van der Waals surface area contributed by atoms with Crippen molar-refractivity contribution >= 4 is 16.4 Å². The topological polar surface area (TPSA) is 30.0 Å². The van der Waals surface area contributed by atoms with Gasteiger partial charge < -0.3 is 0 Å². The molecule has 2 nitrogen and oxygen atoms in total. The molecule has 0 saturated carbocycles. The molecule has 2 bridgehead atoms. The summed E-state index contributed by atoms with van der Waals surface area (Å²) < 4.78 is 12.1. The molecule has 1 aromatic carbocycles. The van der Waals surface area contributed by atoms with E-state index in [1.165, 1.54) is 11.1 Å². The number of allylic oxidation sites excluding steroid dienone is 1. The second kappa shape index (κ2) is 5.23. The molecule has 0 spiro atoms. The Morgan fingerprint density at radius 3 is 2.52 bits per heavy atom. The second-order valence-electron chi connectivity index (χ2n) is 5.75. The van der Waals surface area contributed by atoms with Crippen LogP contribution in [0.3, 0.4) is 0 Å². The minimum atomic E-state index is -0.634. The van der Waals surface area contributed by atoms with Gasteiger partial charge in [-0.2, -0.15) is 0 Å². The minimum Gasteiger partial charge on any atom is -0.259 e. The molecule has 3 unspecified atom stereocenters. The molecule has 2 aliphatic heterocycles. The highest BCUT2D eigenvalue weighted by atomic mass is 32.2. The number of pyridine rings is 1. The van der Waals surface area contributed by atoms with E-state index in [0.717, 1.165) is 30.5 Å². The maximum absolute atomic E-state index is 12.1. The molecule has 3 atom stereocenters. The quantitative estimate of drug-likeness (QED) is 0.843. The molecule has 1 saturated heterocycles. The summed E-state index contributed by atoms with van der Waals surface area (Å²) in [6.45, 7) is 0. The standard InChI is InChI=1S/C18H17NOS/c20-21-16-8-9-17(21)12-15(11-16)13-4-6-14(7-5-13)18-3-1-2-10-19-18/h1-7,10-11,16-17H,8-9,12H2. The molecule has 2 aromatic rings. The zero-order chi connectivity index (χ0) is 14.2. The first-order chi connectivity index (χ1) is 10.3. The lowest BCUT2D eigenvalue weighted by atomic mass is 9.99. The average Bonchev–Trinajstić information content (AvgIpc) is 2.77. The summed E-state index contributed by atoms with van der Waals surface area (Å²) in [6, 6.07) is 14.6. The van der Waals surface area contributed by atoms with Crippen LogP contribution in [0.1, 0.15) is 24.8 Å². The van der Waals surface area contributed by atoms with Crippen LogP contribution < -0.4 is 0 Å². The average molecular weight is 295 g/mol. The van der Waals surface area contributed by atoms with Crippen LogP contribution in [0.15, 0.2) is 54.7 Å².